The number of carbonyl (C=O) groups is 1. The molecule has 0 bridgehead atoms. The van der Waals surface area contributed by atoms with Gasteiger partial charge in [0.2, 0.25) is 0 Å². The van der Waals surface area contributed by atoms with E-state index in [1.165, 1.54) is 16.7 Å². The Kier molecular flexibility index (Phi) is 4.17. The van der Waals surface area contributed by atoms with Crippen molar-refractivity contribution in [3.05, 3.63) is 95.6 Å². The molecule has 122 valence electrons. The Morgan fingerprint density at radius 1 is 0.920 bits per heavy atom. The minimum atomic E-state index is -0.247. The minimum absolute atomic E-state index is 0.247. The Balaban J connectivity index is 1.54. The van der Waals surface area contributed by atoms with Crippen molar-refractivity contribution in [2.24, 2.45) is 0 Å². The monoisotopic (exact) mass is 326 g/mol. The van der Waals surface area contributed by atoms with Gasteiger partial charge in [-0.1, -0.05) is 72.8 Å². The average Bonchev–Trinajstić information content (AvgIpc) is 3.11. The van der Waals surface area contributed by atoms with Gasteiger partial charge in [0.15, 0.2) is 0 Å². The van der Waals surface area contributed by atoms with E-state index in [2.05, 4.69) is 42.5 Å². The molecule has 1 aliphatic rings. The van der Waals surface area contributed by atoms with E-state index in [1.54, 1.807) is 12.1 Å². The van der Waals surface area contributed by atoms with Gasteiger partial charge in [-0.05, 0) is 46.4 Å². The highest BCUT2D eigenvalue weighted by Crippen LogP contribution is 2.31. The average molecular weight is 326 g/mol. The van der Waals surface area contributed by atoms with E-state index in [0.29, 0.717) is 5.75 Å². The van der Waals surface area contributed by atoms with E-state index in [1.807, 2.05) is 30.3 Å². The van der Waals surface area contributed by atoms with Crippen LogP contribution in [-0.4, -0.2) is 5.97 Å². The Hall–Kier alpha value is -3.13. The summed E-state index contributed by atoms with van der Waals surface area (Å²) in [6, 6.07) is 23.7. The fourth-order valence-electron chi connectivity index (χ4n) is 3.23. The fourth-order valence-corrected chi connectivity index (χ4v) is 3.23. The first kappa shape index (κ1) is 15.4. The molecule has 0 aromatic heterocycles. The van der Waals surface area contributed by atoms with E-state index < -0.39 is 0 Å². The highest BCUT2D eigenvalue weighted by atomic mass is 16.5. The molecule has 0 amide bonds. The van der Waals surface area contributed by atoms with Crippen LogP contribution in [0.4, 0.5) is 0 Å². The molecule has 0 radical (unpaired) electrons. The van der Waals surface area contributed by atoms with E-state index in [4.69, 9.17) is 4.74 Å². The zero-order chi connectivity index (χ0) is 17.1. The summed E-state index contributed by atoms with van der Waals surface area (Å²) in [4.78, 5) is 12.2. The maximum Gasteiger partial charge on any atom is 0.315 e. The second-order valence-electron chi connectivity index (χ2n) is 6.14. The number of rotatable bonds is 4. The Labute approximate surface area is 147 Å². The van der Waals surface area contributed by atoms with Crippen LogP contribution >= 0.6 is 0 Å². The number of fused-ring (bicyclic) bond motifs is 1. The van der Waals surface area contributed by atoms with Crippen LogP contribution in [0.5, 0.6) is 5.75 Å². The maximum absolute atomic E-state index is 12.2. The van der Waals surface area contributed by atoms with Crippen LogP contribution in [0.1, 0.15) is 16.7 Å². The topological polar surface area (TPSA) is 26.3 Å². The molecule has 0 atom stereocenters. The van der Waals surface area contributed by atoms with E-state index >= 15 is 0 Å². The molecular formula is C23H18O2. The van der Waals surface area contributed by atoms with Crippen molar-refractivity contribution in [1.82, 2.24) is 0 Å². The SMILES string of the molecule is O=C(Cc1cccc(-c2cccc3c2CC=C3)c1)Oc1ccccc1. The molecule has 3 aromatic rings. The molecule has 3 aromatic carbocycles. The van der Waals surface area contributed by atoms with Crippen molar-refractivity contribution in [2.45, 2.75) is 12.8 Å². The van der Waals surface area contributed by atoms with Gasteiger partial charge in [0.25, 0.3) is 0 Å². The number of hydrogen-bond acceptors (Lipinski definition) is 2. The lowest BCUT2D eigenvalue weighted by atomic mass is 9.95. The Morgan fingerprint density at radius 2 is 1.76 bits per heavy atom. The van der Waals surface area contributed by atoms with Crippen molar-refractivity contribution in [2.75, 3.05) is 0 Å². The maximum atomic E-state index is 12.2. The van der Waals surface area contributed by atoms with Gasteiger partial charge in [0.1, 0.15) is 5.75 Å². The van der Waals surface area contributed by atoms with Gasteiger partial charge in [-0.2, -0.15) is 0 Å². The van der Waals surface area contributed by atoms with Crippen LogP contribution in [0.3, 0.4) is 0 Å². The lowest BCUT2D eigenvalue weighted by molar-refractivity contribution is -0.133. The standard InChI is InChI=1S/C23H18O2/c24-23(25-20-11-2-1-3-12-20)16-17-7-4-10-19(15-17)22-14-6-9-18-8-5-13-21(18)22/h1-12,14-15H,13,16H2. The van der Waals surface area contributed by atoms with Crippen molar-refractivity contribution in [3.63, 3.8) is 0 Å². The van der Waals surface area contributed by atoms with Gasteiger partial charge < -0.3 is 4.74 Å². The van der Waals surface area contributed by atoms with Crippen molar-refractivity contribution < 1.29 is 9.53 Å². The summed E-state index contributed by atoms with van der Waals surface area (Å²) >= 11 is 0. The highest BCUT2D eigenvalue weighted by molar-refractivity contribution is 5.78. The molecular weight excluding hydrogens is 308 g/mol. The van der Waals surface area contributed by atoms with Gasteiger partial charge in [-0.3, -0.25) is 4.79 Å². The van der Waals surface area contributed by atoms with Crippen molar-refractivity contribution >= 4 is 12.0 Å². The van der Waals surface area contributed by atoms with Gasteiger partial charge in [0, 0.05) is 0 Å². The van der Waals surface area contributed by atoms with Crippen molar-refractivity contribution in [3.8, 4) is 16.9 Å². The van der Waals surface area contributed by atoms with E-state index in [9.17, 15) is 4.79 Å². The molecule has 25 heavy (non-hydrogen) atoms. The number of esters is 1. The lowest BCUT2D eigenvalue weighted by Crippen LogP contribution is -2.11. The molecule has 0 spiro atoms. The normalized spacial score (nSPS) is 12.0. The van der Waals surface area contributed by atoms with Crippen LogP contribution < -0.4 is 4.74 Å². The molecule has 0 saturated carbocycles. The van der Waals surface area contributed by atoms with Gasteiger partial charge in [0.05, 0.1) is 6.42 Å². The quantitative estimate of drug-likeness (QED) is 0.494. The summed E-state index contributed by atoms with van der Waals surface area (Å²) < 4.78 is 5.39. The first-order valence-corrected chi connectivity index (χ1v) is 8.43. The molecule has 4 rings (SSSR count). The summed E-state index contributed by atoms with van der Waals surface area (Å²) in [5, 5.41) is 0. The van der Waals surface area contributed by atoms with Crippen LogP contribution in [0.15, 0.2) is 78.9 Å². The number of benzene rings is 3. The number of ether oxygens (including phenoxy) is 1. The first-order valence-electron chi connectivity index (χ1n) is 8.43. The second-order valence-corrected chi connectivity index (χ2v) is 6.14. The van der Waals surface area contributed by atoms with Crippen LogP contribution in [0, 0.1) is 0 Å². The third kappa shape index (κ3) is 3.38. The minimum Gasteiger partial charge on any atom is -0.426 e. The van der Waals surface area contributed by atoms with Gasteiger partial charge >= 0.3 is 5.97 Å². The van der Waals surface area contributed by atoms with Crippen LogP contribution in [-0.2, 0) is 17.6 Å². The van der Waals surface area contributed by atoms with E-state index in [-0.39, 0.29) is 12.4 Å². The fraction of sp³-hybridized carbons (Fsp3) is 0.0870. The summed E-state index contributed by atoms with van der Waals surface area (Å²) in [5.74, 6) is 0.332. The zero-order valence-electron chi connectivity index (χ0n) is 13.8. The molecule has 0 aliphatic heterocycles. The molecule has 0 saturated heterocycles. The summed E-state index contributed by atoms with van der Waals surface area (Å²) in [5.41, 5.74) is 5.98. The third-order valence-electron chi connectivity index (χ3n) is 4.39. The molecule has 2 nitrogen and oxygen atoms in total. The Bertz CT molecular complexity index is 939. The number of carbonyl (C=O) groups excluding carboxylic acids is 1. The predicted octanol–water partition coefficient (Wildman–Crippen LogP) is 5.07. The molecule has 1 aliphatic carbocycles. The van der Waals surface area contributed by atoms with Crippen molar-refractivity contribution in [1.29, 1.82) is 0 Å². The predicted molar refractivity (Wildman–Crippen MR) is 100 cm³/mol. The number of allylic oxidation sites excluding steroid dienone is 1. The van der Waals surface area contributed by atoms with Crippen LogP contribution in [0.25, 0.3) is 17.2 Å². The lowest BCUT2D eigenvalue weighted by Gasteiger charge is -2.10. The van der Waals surface area contributed by atoms with Crippen LogP contribution in [0.2, 0.25) is 0 Å². The number of para-hydroxylation sites is 1. The summed E-state index contributed by atoms with van der Waals surface area (Å²) in [6.45, 7) is 0. The molecule has 0 fully saturated rings. The highest BCUT2D eigenvalue weighted by Gasteiger charge is 2.12. The largest absolute Gasteiger partial charge is 0.426 e. The van der Waals surface area contributed by atoms with E-state index in [0.717, 1.165) is 17.5 Å². The third-order valence-corrected chi connectivity index (χ3v) is 4.39. The molecule has 2 heteroatoms. The smallest absolute Gasteiger partial charge is 0.315 e. The number of hydrogen-bond donors (Lipinski definition) is 0. The molecule has 0 unspecified atom stereocenters. The summed E-state index contributed by atoms with van der Waals surface area (Å²) in [7, 11) is 0. The molecule has 0 heterocycles. The second kappa shape index (κ2) is 6.78. The van der Waals surface area contributed by atoms with Gasteiger partial charge in [-0.15, -0.1) is 0 Å². The van der Waals surface area contributed by atoms with Gasteiger partial charge in [-0.25, -0.2) is 0 Å². The zero-order valence-corrected chi connectivity index (χ0v) is 13.8. The first-order chi connectivity index (χ1) is 12.3. The molecule has 0 N–H and O–H groups in total. The summed E-state index contributed by atoms with van der Waals surface area (Å²) in [6.07, 6.45) is 5.58. The Morgan fingerprint density at radius 3 is 2.64 bits per heavy atom.